The number of hydrogen-bond donors (Lipinski definition) is 4. The number of benzene rings is 1. The van der Waals surface area contributed by atoms with Crippen LogP contribution in [-0.2, 0) is 4.79 Å². The number of nitrogens with two attached hydrogens (primary N) is 1. The third-order valence-corrected chi connectivity index (χ3v) is 3.13. The van der Waals surface area contributed by atoms with Crippen LogP contribution in [0.15, 0.2) is 35.5 Å². The number of rotatable bonds is 7. The lowest BCUT2D eigenvalue weighted by molar-refractivity contribution is -0.123. The molecule has 0 saturated heterocycles. The van der Waals surface area contributed by atoms with Crippen LogP contribution >= 0.6 is 0 Å². The highest BCUT2D eigenvalue weighted by atomic mass is 16.4. The molecular weight excluding hydrogens is 268 g/mol. The van der Waals surface area contributed by atoms with Crippen molar-refractivity contribution < 1.29 is 10.0 Å². The molecule has 6 nitrogen and oxygen atoms in total. The summed E-state index contributed by atoms with van der Waals surface area (Å²) in [6, 6.07) is 9.23. The lowest BCUT2D eigenvalue weighted by Crippen LogP contribution is -2.46. The van der Waals surface area contributed by atoms with E-state index in [-0.39, 0.29) is 29.7 Å². The fourth-order valence-corrected chi connectivity index (χ4v) is 1.95. The molecule has 0 saturated carbocycles. The molecule has 21 heavy (non-hydrogen) atoms. The second-order valence-electron chi connectivity index (χ2n) is 5.28. The third-order valence-electron chi connectivity index (χ3n) is 3.13. The predicted molar refractivity (Wildman–Crippen MR) is 83.3 cm³/mol. The average molecular weight is 292 g/mol. The van der Waals surface area contributed by atoms with Gasteiger partial charge in [-0.3, -0.25) is 4.79 Å². The summed E-state index contributed by atoms with van der Waals surface area (Å²) in [4.78, 5) is 11.9. The third kappa shape index (κ3) is 5.43. The Kier molecular flexibility index (Phi) is 6.68. The number of nitrogens with one attached hydrogen (secondary N) is 2. The number of hydrogen-bond acceptors (Lipinski definition) is 4. The monoisotopic (exact) mass is 292 g/mol. The van der Waals surface area contributed by atoms with Crippen LogP contribution in [0, 0.1) is 0 Å². The highest BCUT2D eigenvalue weighted by molar-refractivity contribution is 5.87. The molecule has 5 N–H and O–H groups in total. The van der Waals surface area contributed by atoms with Gasteiger partial charge < -0.3 is 21.6 Å². The van der Waals surface area contributed by atoms with Gasteiger partial charge in [0.1, 0.15) is 5.84 Å². The van der Waals surface area contributed by atoms with Crippen molar-refractivity contribution in [3.8, 4) is 0 Å². The van der Waals surface area contributed by atoms with E-state index in [0.717, 1.165) is 5.56 Å². The van der Waals surface area contributed by atoms with Gasteiger partial charge in [-0.15, -0.1) is 0 Å². The molecule has 0 aliphatic heterocycles. The van der Waals surface area contributed by atoms with Crippen molar-refractivity contribution in [1.29, 1.82) is 0 Å². The topological polar surface area (TPSA) is 99.7 Å². The summed E-state index contributed by atoms with van der Waals surface area (Å²) in [5, 5.41) is 18.0. The minimum atomic E-state index is -0.356. The van der Waals surface area contributed by atoms with E-state index in [1.807, 2.05) is 44.2 Å². The zero-order valence-corrected chi connectivity index (χ0v) is 12.7. The fraction of sp³-hybridized carbons (Fsp3) is 0.467. The second kappa shape index (κ2) is 8.26. The Morgan fingerprint density at radius 1 is 1.29 bits per heavy atom. The molecule has 1 amide bonds. The highest BCUT2D eigenvalue weighted by Crippen LogP contribution is 2.15. The van der Waals surface area contributed by atoms with Crippen molar-refractivity contribution in [2.75, 3.05) is 6.54 Å². The van der Waals surface area contributed by atoms with Crippen LogP contribution in [0.5, 0.6) is 0 Å². The molecule has 0 radical (unpaired) electrons. The van der Waals surface area contributed by atoms with Crippen LogP contribution in [0.2, 0.25) is 0 Å². The number of carbonyl (C=O) groups excluding carboxylic acids is 1. The standard InChI is InChI=1S/C15H24N4O2/c1-10(2)18-15(20)11(3)17-9-13(14(16)19-21)12-7-5-4-6-8-12/h4-8,10-11,13,17,21H,9H2,1-3H3,(H2,16,19)(H,18,20). The van der Waals surface area contributed by atoms with Crippen LogP contribution in [0.1, 0.15) is 32.3 Å². The quantitative estimate of drug-likeness (QED) is 0.261. The predicted octanol–water partition coefficient (Wildman–Crippen LogP) is 1.02. The molecule has 1 aromatic carbocycles. The van der Waals surface area contributed by atoms with Gasteiger partial charge in [-0.1, -0.05) is 35.5 Å². The molecule has 0 bridgehead atoms. The summed E-state index contributed by atoms with van der Waals surface area (Å²) in [7, 11) is 0. The first-order valence-corrected chi connectivity index (χ1v) is 7.01. The second-order valence-corrected chi connectivity index (χ2v) is 5.28. The zero-order valence-electron chi connectivity index (χ0n) is 12.7. The molecule has 0 aliphatic carbocycles. The molecule has 0 spiro atoms. The van der Waals surface area contributed by atoms with Crippen molar-refractivity contribution in [3.63, 3.8) is 0 Å². The maximum Gasteiger partial charge on any atom is 0.237 e. The number of amidine groups is 1. The number of carbonyl (C=O) groups is 1. The highest BCUT2D eigenvalue weighted by Gasteiger charge is 2.20. The molecule has 1 rings (SSSR count). The van der Waals surface area contributed by atoms with Crippen molar-refractivity contribution in [3.05, 3.63) is 35.9 Å². The van der Waals surface area contributed by atoms with Gasteiger partial charge >= 0.3 is 0 Å². The fourth-order valence-electron chi connectivity index (χ4n) is 1.95. The van der Waals surface area contributed by atoms with Gasteiger partial charge in [0.25, 0.3) is 0 Å². The van der Waals surface area contributed by atoms with E-state index in [1.54, 1.807) is 6.92 Å². The molecule has 0 aliphatic rings. The maximum absolute atomic E-state index is 11.9. The largest absolute Gasteiger partial charge is 0.409 e. The molecule has 1 aromatic rings. The molecule has 0 fully saturated rings. The van der Waals surface area contributed by atoms with Crippen molar-refractivity contribution in [2.45, 2.75) is 38.8 Å². The Morgan fingerprint density at radius 3 is 2.43 bits per heavy atom. The number of amides is 1. The van der Waals surface area contributed by atoms with Crippen molar-refractivity contribution >= 4 is 11.7 Å². The van der Waals surface area contributed by atoms with E-state index >= 15 is 0 Å². The Labute approximate surface area is 125 Å². The Hall–Kier alpha value is -2.08. The summed E-state index contributed by atoms with van der Waals surface area (Å²) in [5.74, 6) is -0.244. The maximum atomic E-state index is 11.9. The normalized spacial score (nSPS) is 14.8. The lowest BCUT2D eigenvalue weighted by atomic mass is 9.97. The smallest absolute Gasteiger partial charge is 0.237 e. The van der Waals surface area contributed by atoms with E-state index in [0.29, 0.717) is 6.54 Å². The summed E-state index contributed by atoms with van der Waals surface area (Å²) in [5.41, 5.74) is 6.68. The summed E-state index contributed by atoms with van der Waals surface area (Å²) in [6.07, 6.45) is 0. The van der Waals surface area contributed by atoms with Gasteiger partial charge in [0.2, 0.25) is 5.91 Å². The van der Waals surface area contributed by atoms with Crippen LogP contribution < -0.4 is 16.4 Å². The molecule has 116 valence electrons. The molecule has 6 heteroatoms. The first-order chi connectivity index (χ1) is 9.95. The SMILES string of the molecule is CC(C)NC(=O)C(C)NCC(/C(N)=N/O)c1ccccc1. The average Bonchev–Trinajstić information content (AvgIpc) is 2.47. The summed E-state index contributed by atoms with van der Waals surface area (Å²) >= 11 is 0. The van der Waals surface area contributed by atoms with E-state index < -0.39 is 0 Å². The summed E-state index contributed by atoms with van der Waals surface area (Å²) in [6.45, 7) is 6.01. The van der Waals surface area contributed by atoms with Crippen molar-refractivity contribution in [1.82, 2.24) is 10.6 Å². The van der Waals surface area contributed by atoms with E-state index in [9.17, 15) is 4.79 Å². The van der Waals surface area contributed by atoms with E-state index in [1.165, 1.54) is 0 Å². The van der Waals surface area contributed by atoms with Gasteiger partial charge in [0.05, 0.1) is 12.0 Å². The van der Waals surface area contributed by atoms with Gasteiger partial charge in [0, 0.05) is 12.6 Å². The Bertz CT molecular complexity index is 474. The molecule has 2 unspecified atom stereocenters. The minimum absolute atomic E-state index is 0.0729. The van der Waals surface area contributed by atoms with Crippen LogP contribution in [-0.4, -0.2) is 35.6 Å². The lowest BCUT2D eigenvalue weighted by Gasteiger charge is -2.20. The zero-order chi connectivity index (χ0) is 15.8. The van der Waals surface area contributed by atoms with Gasteiger partial charge in [0.15, 0.2) is 0 Å². The Balaban J connectivity index is 2.69. The first kappa shape index (κ1) is 17.0. The number of oxime groups is 1. The van der Waals surface area contributed by atoms with Crippen LogP contribution in [0.25, 0.3) is 0 Å². The van der Waals surface area contributed by atoms with Crippen LogP contribution in [0.3, 0.4) is 0 Å². The van der Waals surface area contributed by atoms with Gasteiger partial charge in [-0.25, -0.2) is 0 Å². The van der Waals surface area contributed by atoms with E-state index in [4.69, 9.17) is 10.9 Å². The van der Waals surface area contributed by atoms with E-state index in [2.05, 4.69) is 15.8 Å². The minimum Gasteiger partial charge on any atom is -0.409 e. The molecule has 0 heterocycles. The summed E-state index contributed by atoms with van der Waals surface area (Å²) < 4.78 is 0. The Morgan fingerprint density at radius 2 is 1.90 bits per heavy atom. The van der Waals surface area contributed by atoms with Crippen molar-refractivity contribution in [2.24, 2.45) is 10.9 Å². The molecular formula is C15H24N4O2. The van der Waals surface area contributed by atoms with Crippen LogP contribution in [0.4, 0.5) is 0 Å². The molecule has 0 aromatic heterocycles. The van der Waals surface area contributed by atoms with Gasteiger partial charge in [-0.2, -0.15) is 0 Å². The molecule has 2 atom stereocenters. The first-order valence-electron chi connectivity index (χ1n) is 7.01. The van der Waals surface area contributed by atoms with Gasteiger partial charge in [-0.05, 0) is 26.3 Å². The number of nitrogens with zero attached hydrogens (tertiary/aromatic N) is 1.